The van der Waals surface area contributed by atoms with Gasteiger partial charge < -0.3 is 15.7 Å². The van der Waals surface area contributed by atoms with Crippen LogP contribution in [0.15, 0.2) is 12.4 Å². The molecule has 7 nitrogen and oxygen atoms in total. The highest BCUT2D eigenvalue weighted by Crippen LogP contribution is 2.05. The Morgan fingerprint density at radius 3 is 2.72 bits per heavy atom. The molecule has 0 spiro atoms. The Morgan fingerprint density at radius 1 is 1.50 bits per heavy atom. The van der Waals surface area contributed by atoms with Crippen LogP contribution in [0, 0.1) is 5.92 Å². The monoisotopic (exact) mass is 254 g/mol. The molecule has 0 aliphatic rings. The highest BCUT2D eigenvalue weighted by molar-refractivity contribution is 5.75. The first-order chi connectivity index (χ1) is 8.49. The van der Waals surface area contributed by atoms with Crippen molar-refractivity contribution in [2.24, 2.45) is 5.92 Å². The van der Waals surface area contributed by atoms with E-state index in [1.807, 2.05) is 13.8 Å². The molecule has 1 rings (SSSR count). The summed E-state index contributed by atoms with van der Waals surface area (Å²) in [6.07, 6.45) is 3.20. The van der Waals surface area contributed by atoms with Crippen LogP contribution in [-0.4, -0.2) is 33.3 Å². The second kappa shape index (κ2) is 6.63. The minimum atomic E-state index is -0.927. The zero-order chi connectivity index (χ0) is 13.5. The van der Waals surface area contributed by atoms with Crippen LogP contribution in [0.1, 0.15) is 25.8 Å². The standard InChI is InChI=1S/C11H18N4O3/c1-7(2)9(3-10(16)17)15-11(18)12-4-8-5-13-14-6-8/h5-7,9H,3-4H2,1-2H3,(H,13,14)(H,16,17)(H2,12,15,18). The van der Waals surface area contributed by atoms with Crippen LogP contribution in [0.5, 0.6) is 0 Å². The van der Waals surface area contributed by atoms with Crippen LogP contribution < -0.4 is 10.6 Å². The average Bonchev–Trinajstić information content (AvgIpc) is 2.77. The van der Waals surface area contributed by atoms with E-state index >= 15 is 0 Å². The fourth-order valence-electron chi connectivity index (χ4n) is 1.42. The molecular weight excluding hydrogens is 236 g/mol. The lowest BCUT2D eigenvalue weighted by molar-refractivity contribution is -0.137. The number of nitrogens with zero attached hydrogens (tertiary/aromatic N) is 1. The van der Waals surface area contributed by atoms with Gasteiger partial charge in [-0.2, -0.15) is 5.10 Å². The number of aromatic amines is 1. The third-order valence-corrected chi connectivity index (χ3v) is 2.52. The summed E-state index contributed by atoms with van der Waals surface area (Å²) in [6.45, 7) is 4.08. The molecule has 0 saturated carbocycles. The molecule has 0 bridgehead atoms. The van der Waals surface area contributed by atoms with Crippen molar-refractivity contribution in [2.45, 2.75) is 32.9 Å². The van der Waals surface area contributed by atoms with Gasteiger partial charge in [0.15, 0.2) is 0 Å². The molecule has 1 aromatic rings. The van der Waals surface area contributed by atoms with Gasteiger partial charge in [-0.05, 0) is 5.92 Å². The summed E-state index contributed by atoms with van der Waals surface area (Å²) in [5.41, 5.74) is 0.851. The number of carboxylic acids is 1. The Morgan fingerprint density at radius 2 is 2.22 bits per heavy atom. The molecule has 0 fully saturated rings. The molecule has 18 heavy (non-hydrogen) atoms. The predicted molar refractivity (Wildman–Crippen MR) is 64.8 cm³/mol. The summed E-state index contributed by atoms with van der Waals surface area (Å²) in [4.78, 5) is 22.2. The van der Waals surface area contributed by atoms with Crippen molar-refractivity contribution >= 4 is 12.0 Å². The van der Waals surface area contributed by atoms with Gasteiger partial charge in [0.2, 0.25) is 0 Å². The first kappa shape index (κ1) is 14.0. The number of urea groups is 1. The summed E-state index contributed by atoms with van der Waals surface area (Å²) in [5.74, 6) is -0.871. The fourth-order valence-corrected chi connectivity index (χ4v) is 1.42. The van der Waals surface area contributed by atoms with E-state index in [1.54, 1.807) is 12.4 Å². The minimum absolute atomic E-state index is 0.0563. The van der Waals surface area contributed by atoms with Gasteiger partial charge in [-0.15, -0.1) is 0 Å². The van der Waals surface area contributed by atoms with Gasteiger partial charge in [-0.1, -0.05) is 13.8 Å². The van der Waals surface area contributed by atoms with E-state index in [-0.39, 0.29) is 24.4 Å². The predicted octanol–water partition coefficient (Wildman–Crippen LogP) is 0.708. The van der Waals surface area contributed by atoms with Crippen molar-refractivity contribution in [3.05, 3.63) is 18.0 Å². The van der Waals surface area contributed by atoms with Crippen molar-refractivity contribution in [1.82, 2.24) is 20.8 Å². The maximum absolute atomic E-state index is 11.6. The second-order valence-electron chi connectivity index (χ2n) is 4.38. The molecule has 0 aliphatic heterocycles. The lowest BCUT2D eigenvalue weighted by Gasteiger charge is -2.20. The number of aliphatic carboxylic acids is 1. The molecule has 7 heteroatoms. The second-order valence-corrected chi connectivity index (χ2v) is 4.38. The molecule has 1 aromatic heterocycles. The maximum Gasteiger partial charge on any atom is 0.315 e. The summed E-state index contributed by atoms with van der Waals surface area (Å²) >= 11 is 0. The number of hydrogen-bond donors (Lipinski definition) is 4. The maximum atomic E-state index is 11.6. The minimum Gasteiger partial charge on any atom is -0.481 e. The van der Waals surface area contributed by atoms with E-state index in [2.05, 4.69) is 20.8 Å². The van der Waals surface area contributed by atoms with Gasteiger partial charge in [-0.25, -0.2) is 4.79 Å². The van der Waals surface area contributed by atoms with Crippen molar-refractivity contribution in [3.8, 4) is 0 Å². The molecule has 4 N–H and O–H groups in total. The summed E-state index contributed by atoms with van der Waals surface area (Å²) in [6, 6.07) is -0.761. The van der Waals surface area contributed by atoms with Crippen LogP contribution in [0.25, 0.3) is 0 Å². The smallest absolute Gasteiger partial charge is 0.315 e. The van der Waals surface area contributed by atoms with Crippen molar-refractivity contribution in [2.75, 3.05) is 0 Å². The molecule has 0 radical (unpaired) electrons. The molecule has 1 unspecified atom stereocenters. The zero-order valence-corrected chi connectivity index (χ0v) is 10.4. The number of carbonyl (C=O) groups is 2. The number of carboxylic acid groups (broad SMARTS) is 1. The average molecular weight is 254 g/mol. The van der Waals surface area contributed by atoms with Crippen LogP contribution in [0.4, 0.5) is 4.79 Å². The lowest BCUT2D eigenvalue weighted by atomic mass is 10.0. The van der Waals surface area contributed by atoms with Crippen molar-refractivity contribution in [1.29, 1.82) is 0 Å². The number of amides is 2. The van der Waals surface area contributed by atoms with Crippen LogP contribution >= 0.6 is 0 Å². The number of hydrogen-bond acceptors (Lipinski definition) is 3. The number of H-pyrrole nitrogens is 1. The Labute approximate surface area is 105 Å². The molecule has 0 aliphatic carbocycles. The summed E-state index contributed by atoms with van der Waals surface area (Å²) in [5, 5.41) is 20.4. The van der Waals surface area contributed by atoms with Gasteiger partial charge in [0.05, 0.1) is 12.6 Å². The Bertz CT molecular complexity index is 389. The van der Waals surface area contributed by atoms with Crippen molar-refractivity contribution in [3.63, 3.8) is 0 Å². The van der Waals surface area contributed by atoms with Gasteiger partial charge in [0, 0.05) is 24.3 Å². The molecule has 0 saturated heterocycles. The van der Waals surface area contributed by atoms with E-state index in [9.17, 15) is 9.59 Å². The van der Waals surface area contributed by atoms with E-state index in [0.29, 0.717) is 6.54 Å². The molecule has 1 atom stereocenters. The first-order valence-electron chi connectivity index (χ1n) is 5.73. The van der Waals surface area contributed by atoms with Gasteiger partial charge in [-0.3, -0.25) is 9.89 Å². The molecule has 1 heterocycles. The molecular formula is C11H18N4O3. The zero-order valence-electron chi connectivity index (χ0n) is 10.4. The lowest BCUT2D eigenvalue weighted by Crippen LogP contribution is -2.45. The molecule has 100 valence electrons. The van der Waals surface area contributed by atoms with E-state index in [0.717, 1.165) is 5.56 Å². The van der Waals surface area contributed by atoms with Gasteiger partial charge in [0.1, 0.15) is 0 Å². The Hall–Kier alpha value is -2.05. The normalized spacial score (nSPS) is 12.2. The number of nitrogens with one attached hydrogen (secondary N) is 3. The van der Waals surface area contributed by atoms with Crippen LogP contribution in [-0.2, 0) is 11.3 Å². The number of rotatable bonds is 6. The van der Waals surface area contributed by atoms with Crippen LogP contribution in [0.3, 0.4) is 0 Å². The molecule has 2 amide bonds. The fraction of sp³-hybridized carbons (Fsp3) is 0.545. The van der Waals surface area contributed by atoms with Crippen LogP contribution in [0.2, 0.25) is 0 Å². The first-order valence-corrected chi connectivity index (χ1v) is 5.73. The number of carbonyl (C=O) groups excluding carboxylic acids is 1. The quantitative estimate of drug-likeness (QED) is 0.599. The summed E-state index contributed by atoms with van der Waals surface area (Å²) < 4.78 is 0. The Kier molecular flexibility index (Phi) is 5.16. The third-order valence-electron chi connectivity index (χ3n) is 2.52. The highest BCUT2D eigenvalue weighted by Gasteiger charge is 2.19. The largest absolute Gasteiger partial charge is 0.481 e. The molecule has 0 aromatic carbocycles. The Balaban J connectivity index is 2.38. The topological polar surface area (TPSA) is 107 Å². The SMILES string of the molecule is CC(C)C(CC(=O)O)NC(=O)NCc1cn[nH]c1. The third kappa shape index (κ3) is 4.86. The van der Waals surface area contributed by atoms with E-state index < -0.39 is 5.97 Å². The van der Waals surface area contributed by atoms with Crippen molar-refractivity contribution < 1.29 is 14.7 Å². The highest BCUT2D eigenvalue weighted by atomic mass is 16.4. The number of aromatic nitrogens is 2. The summed E-state index contributed by atoms with van der Waals surface area (Å²) in [7, 11) is 0. The van der Waals surface area contributed by atoms with Gasteiger partial charge in [0.25, 0.3) is 0 Å². The van der Waals surface area contributed by atoms with E-state index in [4.69, 9.17) is 5.11 Å². The van der Waals surface area contributed by atoms with E-state index in [1.165, 1.54) is 0 Å². The van der Waals surface area contributed by atoms with Gasteiger partial charge >= 0.3 is 12.0 Å².